The SMILES string of the molecule is C=CCc1cc(OC)c(OC)cc1C#N. The smallest absolute Gasteiger partial charge is 0.162 e. The highest BCUT2D eigenvalue weighted by atomic mass is 16.5. The van der Waals surface area contributed by atoms with Crippen molar-refractivity contribution in [2.75, 3.05) is 14.2 Å². The van der Waals surface area contributed by atoms with Gasteiger partial charge >= 0.3 is 0 Å². The van der Waals surface area contributed by atoms with E-state index in [2.05, 4.69) is 12.6 Å². The van der Waals surface area contributed by atoms with E-state index < -0.39 is 0 Å². The molecule has 0 N–H and O–H groups in total. The summed E-state index contributed by atoms with van der Waals surface area (Å²) in [7, 11) is 3.12. The summed E-state index contributed by atoms with van der Waals surface area (Å²) >= 11 is 0. The summed E-state index contributed by atoms with van der Waals surface area (Å²) in [6.45, 7) is 3.65. The minimum absolute atomic E-state index is 0.571. The van der Waals surface area contributed by atoms with Gasteiger partial charge in [-0.25, -0.2) is 0 Å². The van der Waals surface area contributed by atoms with Gasteiger partial charge in [-0.2, -0.15) is 5.26 Å². The van der Waals surface area contributed by atoms with Crippen LogP contribution in [0.1, 0.15) is 11.1 Å². The molecule has 78 valence electrons. The van der Waals surface area contributed by atoms with Crippen molar-refractivity contribution >= 4 is 0 Å². The molecular weight excluding hydrogens is 190 g/mol. The van der Waals surface area contributed by atoms with Crippen LogP contribution in [0.5, 0.6) is 11.5 Å². The van der Waals surface area contributed by atoms with E-state index in [1.807, 2.05) is 0 Å². The minimum Gasteiger partial charge on any atom is -0.493 e. The number of hydrogen-bond donors (Lipinski definition) is 0. The Kier molecular flexibility index (Phi) is 3.75. The van der Waals surface area contributed by atoms with Crippen LogP contribution < -0.4 is 9.47 Å². The zero-order valence-corrected chi connectivity index (χ0v) is 8.91. The first-order valence-electron chi connectivity index (χ1n) is 4.52. The Morgan fingerprint density at radius 2 is 1.93 bits per heavy atom. The second-order valence-electron chi connectivity index (χ2n) is 2.97. The van der Waals surface area contributed by atoms with Crippen LogP contribution in [0.3, 0.4) is 0 Å². The molecule has 0 amide bonds. The Balaban J connectivity index is 3.28. The third-order valence-electron chi connectivity index (χ3n) is 2.09. The summed E-state index contributed by atoms with van der Waals surface area (Å²) in [5.74, 6) is 1.20. The lowest BCUT2D eigenvalue weighted by Gasteiger charge is -2.10. The first kappa shape index (κ1) is 11.1. The van der Waals surface area contributed by atoms with Gasteiger partial charge in [-0.3, -0.25) is 0 Å². The topological polar surface area (TPSA) is 42.2 Å². The summed E-state index contributed by atoms with van der Waals surface area (Å²) in [6, 6.07) is 5.61. The quantitative estimate of drug-likeness (QED) is 0.705. The van der Waals surface area contributed by atoms with Crippen LogP contribution in [0.15, 0.2) is 24.8 Å². The van der Waals surface area contributed by atoms with E-state index in [-0.39, 0.29) is 0 Å². The number of rotatable bonds is 4. The highest BCUT2D eigenvalue weighted by Gasteiger charge is 2.09. The molecular formula is C12H13NO2. The second kappa shape index (κ2) is 5.06. The van der Waals surface area contributed by atoms with E-state index in [0.717, 1.165) is 5.56 Å². The first-order chi connectivity index (χ1) is 7.26. The first-order valence-corrected chi connectivity index (χ1v) is 4.52. The monoisotopic (exact) mass is 203 g/mol. The molecule has 3 nitrogen and oxygen atoms in total. The molecule has 1 aromatic rings. The fourth-order valence-corrected chi connectivity index (χ4v) is 1.35. The van der Waals surface area contributed by atoms with Gasteiger partial charge in [0, 0.05) is 6.07 Å². The second-order valence-corrected chi connectivity index (χ2v) is 2.97. The van der Waals surface area contributed by atoms with E-state index in [1.165, 1.54) is 0 Å². The van der Waals surface area contributed by atoms with Crippen LogP contribution in [0.2, 0.25) is 0 Å². The van der Waals surface area contributed by atoms with E-state index >= 15 is 0 Å². The molecule has 0 saturated heterocycles. The van der Waals surface area contributed by atoms with E-state index in [1.54, 1.807) is 32.4 Å². The summed E-state index contributed by atoms with van der Waals surface area (Å²) < 4.78 is 10.3. The highest BCUT2D eigenvalue weighted by Crippen LogP contribution is 2.30. The van der Waals surface area contributed by atoms with Crippen molar-refractivity contribution in [3.8, 4) is 17.6 Å². The molecule has 0 heterocycles. The number of allylic oxidation sites excluding steroid dienone is 1. The molecule has 0 bridgehead atoms. The van der Waals surface area contributed by atoms with Crippen LogP contribution >= 0.6 is 0 Å². The normalized spacial score (nSPS) is 9.13. The fraction of sp³-hybridized carbons (Fsp3) is 0.250. The number of hydrogen-bond acceptors (Lipinski definition) is 3. The molecule has 0 aliphatic carbocycles. The molecule has 1 rings (SSSR count). The summed E-state index contributed by atoms with van der Waals surface area (Å²) in [6.07, 6.45) is 2.39. The maximum atomic E-state index is 8.95. The molecule has 0 unspecified atom stereocenters. The lowest BCUT2D eigenvalue weighted by molar-refractivity contribution is 0.354. The van der Waals surface area contributed by atoms with E-state index in [9.17, 15) is 0 Å². The van der Waals surface area contributed by atoms with Gasteiger partial charge < -0.3 is 9.47 Å². The number of nitrogens with zero attached hydrogens (tertiary/aromatic N) is 1. The predicted molar refractivity (Wildman–Crippen MR) is 58.2 cm³/mol. The van der Waals surface area contributed by atoms with Crippen molar-refractivity contribution in [1.82, 2.24) is 0 Å². The Bertz CT molecular complexity index is 405. The lowest BCUT2D eigenvalue weighted by Crippen LogP contribution is -1.95. The fourth-order valence-electron chi connectivity index (χ4n) is 1.35. The number of nitriles is 1. The largest absolute Gasteiger partial charge is 0.493 e. The van der Waals surface area contributed by atoms with Crippen molar-refractivity contribution in [3.63, 3.8) is 0 Å². The summed E-state index contributed by atoms with van der Waals surface area (Å²) in [5, 5.41) is 8.95. The van der Waals surface area contributed by atoms with E-state index in [0.29, 0.717) is 23.5 Å². The van der Waals surface area contributed by atoms with Crippen molar-refractivity contribution in [2.45, 2.75) is 6.42 Å². The maximum absolute atomic E-state index is 8.95. The zero-order chi connectivity index (χ0) is 11.3. The van der Waals surface area contributed by atoms with Gasteiger partial charge in [-0.15, -0.1) is 6.58 Å². The molecule has 0 radical (unpaired) electrons. The molecule has 15 heavy (non-hydrogen) atoms. The molecule has 3 heteroatoms. The van der Waals surface area contributed by atoms with Crippen molar-refractivity contribution in [3.05, 3.63) is 35.9 Å². The average molecular weight is 203 g/mol. The van der Waals surface area contributed by atoms with Gasteiger partial charge in [0.25, 0.3) is 0 Å². The van der Waals surface area contributed by atoms with Crippen LogP contribution in [0.4, 0.5) is 0 Å². The van der Waals surface area contributed by atoms with Gasteiger partial charge in [0.05, 0.1) is 25.9 Å². The Hall–Kier alpha value is -1.95. The van der Waals surface area contributed by atoms with Gasteiger partial charge in [0.15, 0.2) is 11.5 Å². The lowest BCUT2D eigenvalue weighted by atomic mass is 10.0. The van der Waals surface area contributed by atoms with Crippen molar-refractivity contribution < 1.29 is 9.47 Å². The third kappa shape index (κ3) is 2.29. The molecule has 0 aliphatic heterocycles. The molecule has 0 aromatic heterocycles. The molecule has 1 aromatic carbocycles. The van der Waals surface area contributed by atoms with Gasteiger partial charge in [-0.05, 0) is 18.1 Å². The third-order valence-corrected chi connectivity index (χ3v) is 2.09. The predicted octanol–water partition coefficient (Wildman–Crippen LogP) is 2.30. The summed E-state index contributed by atoms with van der Waals surface area (Å²) in [4.78, 5) is 0. The number of benzene rings is 1. The Morgan fingerprint density at radius 3 is 2.40 bits per heavy atom. The molecule has 0 aliphatic rings. The highest BCUT2D eigenvalue weighted by molar-refractivity contribution is 5.52. The van der Waals surface area contributed by atoms with Gasteiger partial charge in [-0.1, -0.05) is 6.08 Å². The zero-order valence-electron chi connectivity index (χ0n) is 8.91. The molecule has 0 spiro atoms. The number of methoxy groups -OCH3 is 2. The molecule has 0 fully saturated rings. The van der Waals surface area contributed by atoms with Crippen LogP contribution in [-0.2, 0) is 6.42 Å². The maximum Gasteiger partial charge on any atom is 0.162 e. The Labute approximate surface area is 89.6 Å². The average Bonchev–Trinajstić information content (AvgIpc) is 2.28. The van der Waals surface area contributed by atoms with Gasteiger partial charge in [0.2, 0.25) is 0 Å². The standard InChI is InChI=1S/C12H13NO2/c1-4-5-9-6-11(14-2)12(15-3)7-10(9)8-13/h4,6-7H,1,5H2,2-3H3. The van der Waals surface area contributed by atoms with Gasteiger partial charge in [0.1, 0.15) is 0 Å². The van der Waals surface area contributed by atoms with Crippen molar-refractivity contribution in [1.29, 1.82) is 5.26 Å². The van der Waals surface area contributed by atoms with E-state index in [4.69, 9.17) is 14.7 Å². The van der Waals surface area contributed by atoms with Crippen LogP contribution in [0.25, 0.3) is 0 Å². The Morgan fingerprint density at radius 1 is 1.33 bits per heavy atom. The van der Waals surface area contributed by atoms with Crippen LogP contribution in [-0.4, -0.2) is 14.2 Å². The summed E-state index contributed by atoms with van der Waals surface area (Å²) in [5.41, 5.74) is 1.48. The number of ether oxygens (including phenoxy) is 2. The van der Waals surface area contributed by atoms with Crippen molar-refractivity contribution in [2.24, 2.45) is 0 Å². The molecule has 0 saturated carbocycles. The van der Waals surface area contributed by atoms with Crippen LogP contribution in [0, 0.1) is 11.3 Å². The minimum atomic E-state index is 0.571. The molecule has 0 atom stereocenters.